The number of carbonyl (C=O) groups excluding carboxylic acids is 1. The molecular formula is C15H12ClN3O4S2. The van der Waals surface area contributed by atoms with Gasteiger partial charge in [0.05, 0.1) is 4.90 Å². The predicted molar refractivity (Wildman–Crippen MR) is 92.7 cm³/mol. The number of aryl methyl sites for hydroxylation is 1. The lowest BCUT2D eigenvalue weighted by Gasteiger charge is -2.06. The Morgan fingerprint density at radius 1 is 1.20 bits per heavy atom. The van der Waals surface area contributed by atoms with Gasteiger partial charge in [0.25, 0.3) is 10.0 Å². The van der Waals surface area contributed by atoms with Crippen molar-refractivity contribution in [1.29, 1.82) is 0 Å². The molecule has 130 valence electrons. The van der Waals surface area contributed by atoms with Crippen LogP contribution in [0.15, 0.2) is 50.4 Å². The second kappa shape index (κ2) is 7.34. The summed E-state index contributed by atoms with van der Waals surface area (Å²) in [7, 11) is -3.93. The highest BCUT2D eigenvalue weighted by molar-refractivity contribution is 7.90. The summed E-state index contributed by atoms with van der Waals surface area (Å²) in [6, 6.07) is 7.36. The number of rotatable bonds is 6. The number of thiophene rings is 1. The van der Waals surface area contributed by atoms with Crippen molar-refractivity contribution in [2.24, 2.45) is 0 Å². The van der Waals surface area contributed by atoms with E-state index in [1.807, 2.05) is 21.5 Å². The van der Waals surface area contributed by atoms with Crippen molar-refractivity contribution in [2.45, 2.75) is 17.7 Å². The quantitative estimate of drug-likeness (QED) is 0.686. The van der Waals surface area contributed by atoms with Gasteiger partial charge in [-0.05, 0) is 35.7 Å². The number of halogens is 1. The van der Waals surface area contributed by atoms with Gasteiger partial charge in [-0.2, -0.15) is 11.3 Å². The van der Waals surface area contributed by atoms with E-state index in [0.717, 1.165) is 5.56 Å². The Labute approximate surface area is 152 Å². The van der Waals surface area contributed by atoms with Gasteiger partial charge in [-0.1, -0.05) is 11.6 Å². The van der Waals surface area contributed by atoms with Gasteiger partial charge >= 0.3 is 0 Å². The third kappa shape index (κ3) is 4.44. The lowest BCUT2D eigenvalue weighted by molar-refractivity contribution is -0.119. The number of amides is 1. The van der Waals surface area contributed by atoms with Crippen LogP contribution in [0.5, 0.6) is 0 Å². The summed E-state index contributed by atoms with van der Waals surface area (Å²) in [5, 5.41) is 11.9. The summed E-state index contributed by atoms with van der Waals surface area (Å²) in [5.41, 5.74) is 0.804. The van der Waals surface area contributed by atoms with Gasteiger partial charge in [0, 0.05) is 28.8 Å². The van der Waals surface area contributed by atoms with Crippen molar-refractivity contribution < 1.29 is 17.6 Å². The fourth-order valence-electron chi connectivity index (χ4n) is 1.95. The third-order valence-corrected chi connectivity index (χ3v) is 5.50. The predicted octanol–water partition coefficient (Wildman–Crippen LogP) is 2.89. The Bertz CT molecular complexity index is 967. The lowest BCUT2D eigenvalue weighted by Crippen LogP contribution is -2.30. The van der Waals surface area contributed by atoms with E-state index in [4.69, 9.17) is 16.0 Å². The van der Waals surface area contributed by atoms with Gasteiger partial charge in [0.2, 0.25) is 17.7 Å². The lowest BCUT2D eigenvalue weighted by atomic mass is 10.3. The molecule has 25 heavy (non-hydrogen) atoms. The molecule has 2 heterocycles. The molecule has 2 aromatic heterocycles. The maximum atomic E-state index is 12.1. The number of sulfonamides is 1. The van der Waals surface area contributed by atoms with E-state index in [0.29, 0.717) is 10.9 Å². The van der Waals surface area contributed by atoms with Crippen molar-refractivity contribution in [1.82, 2.24) is 14.9 Å². The zero-order valence-electron chi connectivity index (χ0n) is 12.7. The van der Waals surface area contributed by atoms with E-state index in [1.165, 1.54) is 35.6 Å². The topological polar surface area (TPSA) is 102 Å². The minimum absolute atomic E-state index is 0.0391. The van der Waals surface area contributed by atoms with Crippen molar-refractivity contribution in [3.8, 4) is 11.5 Å². The van der Waals surface area contributed by atoms with E-state index in [1.54, 1.807) is 0 Å². The summed E-state index contributed by atoms with van der Waals surface area (Å²) in [6.07, 6.45) is 0.0389. The molecule has 1 aromatic carbocycles. The second-order valence-electron chi connectivity index (χ2n) is 5.00. The van der Waals surface area contributed by atoms with Gasteiger partial charge in [0.1, 0.15) is 0 Å². The van der Waals surface area contributed by atoms with Gasteiger partial charge in [-0.15, -0.1) is 10.2 Å². The average molecular weight is 398 g/mol. The first kappa shape index (κ1) is 17.6. The highest BCUT2D eigenvalue weighted by Crippen LogP contribution is 2.20. The first-order chi connectivity index (χ1) is 11.9. The number of nitrogens with one attached hydrogen (secondary N) is 1. The Morgan fingerprint density at radius 3 is 2.64 bits per heavy atom. The minimum Gasteiger partial charge on any atom is -0.421 e. The number of nitrogens with zero attached hydrogens (tertiary/aromatic N) is 2. The average Bonchev–Trinajstić information content (AvgIpc) is 3.24. The van der Waals surface area contributed by atoms with E-state index in [-0.39, 0.29) is 23.6 Å². The monoisotopic (exact) mass is 397 g/mol. The number of carbonyl (C=O) groups is 1. The normalized spacial score (nSPS) is 11.4. The molecule has 3 rings (SSSR count). The van der Waals surface area contributed by atoms with Gasteiger partial charge in [-0.25, -0.2) is 13.1 Å². The molecule has 0 aliphatic heterocycles. The smallest absolute Gasteiger partial charge is 0.264 e. The van der Waals surface area contributed by atoms with E-state index >= 15 is 0 Å². The largest absolute Gasteiger partial charge is 0.421 e. The van der Waals surface area contributed by atoms with Crippen molar-refractivity contribution >= 4 is 38.9 Å². The summed E-state index contributed by atoms with van der Waals surface area (Å²) in [5.74, 6) is -0.0316. The molecule has 0 aliphatic rings. The van der Waals surface area contributed by atoms with Crippen LogP contribution < -0.4 is 4.72 Å². The van der Waals surface area contributed by atoms with Crippen molar-refractivity contribution in [2.75, 3.05) is 0 Å². The zero-order valence-corrected chi connectivity index (χ0v) is 15.1. The van der Waals surface area contributed by atoms with Crippen molar-refractivity contribution in [3.05, 3.63) is 52.0 Å². The molecule has 0 fully saturated rings. The maximum Gasteiger partial charge on any atom is 0.264 e. The van der Waals surface area contributed by atoms with Gasteiger partial charge in [0.15, 0.2) is 0 Å². The molecule has 0 unspecified atom stereocenters. The highest BCUT2D eigenvalue weighted by atomic mass is 35.5. The molecule has 0 saturated carbocycles. The molecule has 0 saturated heterocycles. The standard InChI is InChI=1S/C15H12ClN3O4S2/c16-11-1-3-12(4-2-11)25(21,22)19-13(20)5-6-14-17-18-15(23-14)10-7-8-24-9-10/h1-4,7-9H,5-6H2,(H,19,20). The summed E-state index contributed by atoms with van der Waals surface area (Å²) in [6.45, 7) is 0. The van der Waals surface area contributed by atoms with E-state index < -0.39 is 15.9 Å². The Balaban J connectivity index is 1.58. The Kier molecular flexibility index (Phi) is 5.16. The first-order valence-electron chi connectivity index (χ1n) is 7.10. The Morgan fingerprint density at radius 2 is 1.96 bits per heavy atom. The molecule has 1 N–H and O–H groups in total. The molecule has 0 radical (unpaired) electrons. The van der Waals surface area contributed by atoms with Crippen LogP contribution in [-0.2, 0) is 21.2 Å². The van der Waals surface area contributed by atoms with Crippen LogP contribution >= 0.6 is 22.9 Å². The molecule has 0 atom stereocenters. The molecule has 10 heteroatoms. The maximum absolute atomic E-state index is 12.1. The van der Waals surface area contributed by atoms with Gasteiger partial charge < -0.3 is 4.42 Å². The summed E-state index contributed by atoms with van der Waals surface area (Å²) in [4.78, 5) is 11.9. The zero-order chi connectivity index (χ0) is 17.9. The van der Waals surface area contributed by atoms with Crippen molar-refractivity contribution in [3.63, 3.8) is 0 Å². The fraction of sp³-hybridized carbons (Fsp3) is 0.133. The first-order valence-corrected chi connectivity index (χ1v) is 9.90. The van der Waals surface area contributed by atoms with Crippen LogP contribution in [0.2, 0.25) is 5.02 Å². The van der Waals surface area contributed by atoms with E-state index in [2.05, 4.69) is 10.2 Å². The van der Waals surface area contributed by atoms with E-state index in [9.17, 15) is 13.2 Å². The molecule has 0 aliphatic carbocycles. The highest BCUT2D eigenvalue weighted by Gasteiger charge is 2.18. The number of aromatic nitrogens is 2. The van der Waals surface area contributed by atoms with Crippen LogP contribution in [0.1, 0.15) is 12.3 Å². The van der Waals surface area contributed by atoms with Crippen LogP contribution in [0, 0.1) is 0 Å². The van der Waals surface area contributed by atoms with Crippen LogP contribution in [0.25, 0.3) is 11.5 Å². The molecule has 0 bridgehead atoms. The molecule has 1 amide bonds. The number of hydrogen-bond acceptors (Lipinski definition) is 7. The van der Waals surface area contributed by atoms with Crippen LogP contribution in [0.3, 0.4) is 0 Å². The summed E-state index contributed by atoms with van der Waals surface area (Å²) < 4.78 is 31.6. The second-order valence-corrected chi connectivity index (χ2v) is 7.89. The molecule has 3 aromatic rings. The summed E-state index contributed by atoms with van der Waals surface area (Å²) >= 11 is 7.22. The van der Waals surface area contributed by atoms with Crippen LogP contribution in [0.4, 0.5) is 0 Å². The van der Waals surface area contributed by atoms with Crippen LogP contribution in [-0.4, -0.2) is 24.5 Å². The molecule has 0 spiro atoms. The molecule has 7 nitrogen and oxygen atoms in total. The number of hydrogen-bond donors (Lipinski definition) is 1. The fourth-order valence-corrected chi connectivity index (χ4v) is 3.72. The SMILES string of the molecule is O=C(CCc1nnc(-c2ccsc2)o1)NS(=O)(=O)c1ccc(Cl)cc1. The third-order valence-electron chi connectivity index (χ3n) is 3.17. The number of benzene rings is 1. The Hall–Kier alpha value is -2.23. The molecular weight excluding hydrogens is 386 g/mol. The minimum atomic E-state index is -3.93. The van der Waals surface area contributed by atoms with Gasteiger partial charge in [-0.3, -0.25) is 4.79 Å².